The van der Waals surface area contributed by atoms with Gasteiger partial charge in [0.2, 0.25) is 5.91 Å². The molecule has 0 radical (unpaired) electrons. The highest BCUT2D eigenvalue weighted by atomic mass is 32.2. The minimum absolute atomic E-state index is 0.000521. The standard InChI is InChI=1S/C18H22N2O3S2/c1-24-14-4-6-15(7-5-14)25(22,23)11-13-3-2-12-10-16(12)17(13)18(21)20-9-8-19/h4-7,12-13,16-17H,2-3,9-11H2,1H3,(H,20,21)/t12-,13-,16?,17?/m0/s1. The maximum Gasteiger partial charge on any atom is 0.224 e. The van der Waals surface area contributed by atoms with E-state index in [1.807, 2.05) is 24.5 Å². The highest BCUT2D eigenvalue weighted by Crippen LogP contribution is 2.55. The SMILES string of the molecule is CSc1ccc(S(=O)(=O)C[C@@H]2CC[C@H]3CC3C2C(=O)NCC#N)cc1. The number of carbonyl (C=O) groups is 1. The molecule has 2 unspecified atom stereocenters. The number of carbonyl (C=O) groups excluding carboxylic acids is 1. The molecule has 0 aliphatic heterocycles. The molecule has 2 aliphatic carbocycles. The number of nitrogens with one attached hydrogen (secondary N) is 1. The Morgan fingerprint density at radius 2 is 2.04 bits per heavy atom. The van der Waals surface area contributed by atoms with Gasteiger partial charge in [0, 0.05) is 10.8 Å². The summed E-state index contributed by atoms with van der Waals surface area (Å²) >= 11 is 1.57. The van der Waals surface area contributed by atoms with Gasteiger partial charge in [-0.15, -0.1) is 11.8 Å². The summed E-state index contributed by atoms with van der Waals surface area (Å²) in [5.74, 6) is 0.218. The second-order valence-electron chi connectivity index (χ2n) is 6.86. The van der Waals surface area contributed by atoms with E-state index in [0.29, 0.717) is 10.8 Å². The molecule has 2 fully saturated rings. The van der Waals surface area contributed by atoms with Crippen molar-refractivity contribution in [3.63, 3.8) is 0 Å². The van der Waals surface area contributed by atoms with E-state index < -0.39 is 9.84 Å². The summed E-state index contributed by atoms with van der Waals surface area (Å²) < 4.78 is 25.6. The summed E-state index contributed by atoms with van der Waals surface area (Å²) in [5.41, 5.74) is 0. The quantitative estimate of drug-likeness (QED) is 0.607. The van der Waals surface area contributed by atoms with Crippen LogP contribution >= 0.6 is 11.8 Å². The second kappa shape index (κ2) is 7.38. The van der Waals surface area contributed by atoms with Crippen molar-refractivity contribution in [3.05, 3.63) is 24.3 Å². The zero-order valence-electron chi connectivity index (χ0n) is 14.1. The topological polar surface area (TPSA) is 87.0 Å². The second-order valence-corrected chi connectivity index (χ2v) is 9.77. The Morgan fingerprint density at radius 1 is 1.32 bits per heavy atom. The molecule has 7 heteroatoms. The highest BCUT2D eigenvalue weighted by Gasteiger charge is 2.52. The number of benzene rings is 1. The van der Waals surface area contributed by atoms with E-state index in [0.717, 1.165) is 24.2 Å². The lowest BCUT2D eigenvalue weighted by Gasteiger charge is -2.30. The molecule has 0 heterocycles. The van der Waals surface area contributed by atoms with Gasteiger partial charge in [0.25, 0.3) is 0 Å². The number of thioether (sulfide) groups is 1. The van der Waals surface area contributed by atoms with E-state index in [-0.39, 0.29) is 36.0 Å². The molecule has 134 valence electrons. The van der Waals surface area contributed by atoms with Crippen molar-refractivity contribution in [2.75, 3.05) is 18.6 Å². The number of amides is 1. The monoisotopic (exact) mass is 378 g/mol. The molecular weight excluding hydrogens is 356 g/mol. The van der Waals surface area contributed by atoms with Gasteiger partial charge < -0.3 is 5.32 Å². The van der Waals surface area contributed by atoms with E-state index in [1.54, 1.807) is 23.9 Å². The number of sulfone groups is 1. The predicted molar refractivity (Wildman–Crippen MR) is 96.7 cm³/mol. The number of nitrogens with zero attached hydrogens (tertiary/aromatic N) is 1. The van der Waals surface area contributed by atoms with Crippen molar-refractivity contribution < 1.29 is 13.2 Å². The Balaban J connectivity index is 1.76. The lowest BCUT2D eigenvalue weighted by atomic mass is 9.79. The van der Waals surface area contributed by atoms with Crippen LogP contribution in [0.25, 0.3) is 0 Å². The molecular formula is C18H22N2O3S2. The summed E-state index contributed by atoms with van der Waals surface area (Å²) in [5, 5.41) is 11.3. The highest BCUT2D eigenvalue weighted by molar-refractivity contribution is 7.98. The third-order valence-corrected chi connectivity index (χ3v) is 7.95. The van der Waals surface area contributed by atoms with Gasteiger partial charge in [-0.05, 0) is 67.5 Å². The van der Waals surface area contributed by atoms with Gasteiger partial charge in [0.15, 0.2) is 9.84 Å². The Hall–Kier alpha value is -1.52. The molecule has 1 N–H and O–H groups in total. The minimum atomic E-state index is -3.43. The molecule has 2 saturated carbocycles. The van der Waals surface area contributed by atoms with Crippen LogP contribution in [0, 0.1) is 35.0 Å². The summed E-state index contributed by atoms with van der Waals surface area (Å²) in [6.07, 6.45) is 4.71. The van der Waals surface area contributed by atoms with Crippen LogP contribution in [0.5, 0.6) is 0 Å². The number of fused-ring (bicyclic) bond motifs is 1. The largest absolute Gasteiger partial charge is 0.343 e. The maximum absolute atomic E-state index is 12.8. The van der Waals surface area contributed by atoms with Crippen molar-refractivity contribution in [2.45, 2.75) is 29.1 Å². The van der Waals surface area contributed by atoms with Gasteiger partial charge in [0.1, 0.15) is 6.54 Å². The Bertz CT molecular complexity index is 784. The molecule has 0 bridgehead atoms. The first-order valence-electron chi connectivity index (χ1n) is 8.47. The molecule has 4 atom stereocenters. The fraction of sp³-hybridized carbons (Fsp3) is 0.556. The third kappa shape index (κ3) is 4.01. The zero-order valence-corrected chi connectivity index (χ0v) is 15.8. The van der Waals surface area contributed by atoms with E-state index in [2.05, 4.69) is 5.32 Å². The van der Waals surface area contributed by atoms with E-state index in [1.165, 1.54) is 0 Å². The Kier molecular flexibility index (Phi) is 5.40. The van der Waals surface area contributed by atoms with Crippen LogP contribution in [-0.2, 0) is 14.6 Å². The first-order chi connectivity index (χ1) is 12.0. The molecule has 3 rings (SSSR count). The van der Waals surface area contributed by atoms with Gasteiger partial charge in [0.05, 0.1) is 16.7 Å². The summed E-state index contributed by atoms with van der Waals surface area (Å²) in [6, 6.07) is 8.83. The van der Waals surface area contributed by atoms with E-state index in [4.69, 9.17) is 5.26 Å². The summed E-state index contributed by atoms with van der Waals surface area (Å²) in [7, 11) is -3.43. The molecule has 0 spiro atoms. The smallest absolute Gasteiger partial charge is 0.224 e. The molecule has 5 nitrogen and oxygen atoms in total. The summed E-state index contributed by atoms with van der Waals surface area (Å²) in [4.78, 5) is 13.8. The van der Waals surface area contributed by atoms with Crippen LogP contribution < -0.4 is 5.32 Å². The van der Waals surface area contributed by atoms with Crippen LogP contribution in [0.3, 0.4) is 0 Å². The van der Waals surface area contributed by atoms with Gasteiger partial charge in [-0.25, -0.2) is 8.42 Å². The number of nitriles is 1. The molecule has 1 amide bonds. The minimum Gasteiger partial charge on any atom is -0.343 e. The Morgan fingerprint density at radius 3 is 2.68 bits per heavy atom. The van der Waals surface area contributed by atoms with Gasteiger partial charge in [-0.3, -0.25) is 4.79 Å². The number of hydrogen-bond donors (Lipinski definition) is 1. The molecule has 0 saturated heterocycles. The van der Waals surface area contributed by atoms with Crippen molar-refractivity contribution >= 4 is 27.5 Å². The van der Waals surface area contributed by atoms with Crippen molar-refractivity contribution in [2.24, 2.45) is 23.7 Å². The molecule has 1 aromatic carbocycles. The molecule has 1 aromatic rings. The average molecular weight is 379 g/mol. The first kappa shape index (κ1) is 18.3. The van der Waals surface area contributed by atoms with E-state index in [9.17, 15) is 13.2 Å². The fourth-order valence-corrected chi connectivity index (χ4v) is 6.09. The van der Waals surface area contributed by atoms with Crippen molar-refractivity contribution in [3.8, 4) is 6.07 Å². The lowest BCUT2D eigenvalue weighted by molar-refractivity contribution is -0.127. The number of hydrogen-bond acceptors (Lipinski definition) is 5. The van der Waals surface area contributed by atoms with Crippen molar-refractivity contribution in [1.82, 2.24) is 5.32 Å². The average Bonchev–Trinajstić information content (AvgIpc) is 3.38. The van der Waals surface area contributed by atoms with Gasteiger partial charge in [-0.1, -0.05) is 0 Å². The fourth-order valence-electron chi connectivity index (χ4n) is 4.00. The summed E-state index contributed by atoms with van der Waals surface area (Å²) in [6.45, 7) is -0.0255. The van der Waals surface area contributed by atoms with Crippen LogP contribution in [0.15, 0.2) is 34.1 Å². The normalized spacial score (nSPS) is 27.8. The molecule has 25 heavy (non-hydrogen) atoms. The van der Waals surface area contributed by atoms with Gasteiger partial charge >= 0.3 is 0 Å². The maximum atomic E-state index is 12.8. The zero-order chi connectivity index (χ0) is 18.0. The third-order valence-electron chi connectivity index (χ3n) is 5.35. The first-order valence-corrected chi connectivity index (χ1v) is 11.4. The van der Waals surface area contributed by atoms with Gasteiger partial charge in [-0.2, -0.15) is 5.26 Å². The van der Waals surface area contributed by atoms with Crippen LogP contribution in [0.4, 0.5) is 0 Å². The number of rotatable bonds is 6. The van der Waals surface area contributed by atoms with E-state index >= 15 is 0 Å². The van der Waals surface area contributed by atoms with Crippen LogP contribution in [0.1, 0.15) is 19.3 Å². The molecule has 2 aliphatic rings. The van der Waals surface area contributed by atoms with Crippen molar-refractivity contribution in [1.29, 1.82) is 5.26 Å². The van der Waals surface area contributed by atoms with Crippen LogP contribution in [-0.4, -0.2) is 32.9 Å². The predicted octanol–water partition coefficient (Wildman–Crippen LogP) is 2.48. The Labute approximate surface area is 153 Å². The molecule has 0 aromatic heterocycles. The van der Waals surface area contributed by atoms with Crippen LogP contribution in [0.2, 0.25) is 0 Å². The lowest BCUT2D eigenvalue weighted by Crippen LogP contribution is -2.41.